The number of hydrogen-bond acceptors (Lipinski definition) is 3. The highest BCUT2D eigenvalue weighted by Gasteiger charge is 2.35. The summed E-state index contributed by atoms with van der Waals surface area (Å²) in [4.78, 5) is 39.0. The number of nitrogens with one attached hydrogen (secondary N) is 1. The number of amides is 3. The Morgan fingerprint density at radius 2 is 1.54 bits per heavy atom. The second kappa shape index (κ2) is 7.29. The summed E-state index contributed by atoms with van der Waals surface area (Å²) in [5.41, 5.74) is 2.30. The molecule has 1 aliphatic heterocycles. The van der Waals surface area contributed by atoms with E-state index in [1.807, 2.05) is 30.3 Å². The average molecular weight is 391 g/mol. The number of halogens is 1. The lowest BCUT2D eigenvalue weighted by atomic mass is 10.1. The van der Waals surface area contributed by atoms with Gasteiger partial charge in [0.2, 0.25) is 0 Å². The quantitative estimate of drug-likeness (QED) is 0.672. The fraction of sp³-hybridized carbons (Fsp3) is 0.0455. The Morgan fingerprint density at radius 1 is 0.857 bits per heavy atom. The van der Waals surface area contributed by atoms with Crippen molar-refractivity contribution >= 4 is 35.0 Å². The van der Waals surface area contributed by atoms with Crippen molar-refractivity contribution in [3.8, 4) is 0 Å². The molecule has 4 rings (SSSR count). The molecule has 5 nitrogen and oxygen atoms in total. The van der Waals surface area contributed by atoms with Crippen molar-refractivity contribution in [2.24, 2.45) is 0 Å². The molecule has 3 aromatic rings. The molecule has 1 heterocycles. The molecule has 138 valence electrons. The molecule has 0 spiro atoms. The number of imide groups is 1. The largest absolute Gasteiger partial charge is 0.322 e. The number of anilines is 1. The minimum atomic E-state index is -0.398. The summed E-state index contributed by atoms with van der Waals surface area (Å²) < 4.78 is 0. The third kappa shape index (κ3) is 3.40. The van der Waals surface area contributed by atoms with Crippen molar-refractivity contribution in [2.45, 2.75) is 6.54 Å². The fourth-order valence-electron chi connectivity index (χ4n) is 3.08. The molecular weight excluding hydrogens is 376 g/mol. The van der Waals surface area contributed by atoms with Crippen LogP contribution in [0.1, 0.15) is 36.6 Å². The van der Waals surface area contributed by atoms with Crippen LogP contribution in [0, 0.1) is 0 Å². The van der Waals surface area contributed by atoms with Crippen molar-refractivity contribution in [1.82, 2.24) is 4.90 Å². The molecule has 28 heavy (non-hydrogen) atoms. The van der Waals surface area contributed by atoms with E-state index in [0.29, 0.717) is 21.8 Å². The van der Waals surface area contributed by atoms with Gasteiger partial charge in [0, 0.05) is 16.3 Å². The third-order valence-electron chi connectivity index (χ3n) is 4.52. The molecule has 6 heteroatoms. The zero-order chi connectivity index (χ0) is 19.7. The summed E-state index contributed by atoms with van der Waals surface area (Å²) in [6.07, 6.45) is 0. The highest BCUT2D eigenvalue weighted by molar-refractivity contribution is 6.30. The van der Waals surface area contributed by atoms with Gasteiger partial charge in [0.1, 0.15) is 0 Å². The van der Waals surface area contributed by atoms with E-state index in [1.165, 1.54) is 17.0 Å². The Bertz CT molecular complexity index is 1080. The van der Waals surface area contributed by atoms with E-state index in [4.69, 9.17) is 11.6 Å². The van der Waals surface area contributed by atoms with Crippen LogP contribution in [0.4, 0.5) is 5.69 Å². The first kappa shape index (κ1) is 17.9. The Hall–Kier alpha value is -3.44. The van der Waals surface area contributed by atoms with Crippen LogP contribution in [0.5, 0.6) is 0 Å². The molecule has 0 atom stereocenters. The Morgan fingerprint density at radius 3 is 2.25 bits per heavy atom. The lowest BCUT2D eigenvalue weighted by molar-refractivity contribution is 0.0642. The number of rotatable bonds is 4. The van der Waals surface area contributed by atoms with E-state index >= 15 is 0 Å². The topological polar surface area (TPSA) is 66.5 Å². The molecule has 0 fully saturated rings. The first-order valence-electron chi connectivity index (χ1n) is 8.64. The van der Waals surface area contributed by atoms with Crippen molar-refractivity contribution in [1.29, 1.82) is 0 Å². The van der Waals surface area contributed by atoms with E-state index in [-0.39, 0.29) is 23.9 Å². The molecule has 3 aromatic carbocycles. The molecule has 3 amide bonds. The summed E-state index contributed by atoms with van der Waals surface area (Å²) in [5.74, 6) is -1.12. The van der Waals surface area contributed by atoms with E-state index in [2.05, 4.69) is 5.32 Å². The molecular formula is C22H15ClN2O3. The highest BCUT2D eigenvalue weighted by atomic mass is 35.5. The molecule has 0 radical (unpaired) electrons. The maximum atomic E-state index is 12.7. The predicted octanol–water partition coefficient (Wildman–Crippen LogP) is 4.39. The van der Waals surface area contributed by atoms with Gasteiger partial charge in [-0.15, -0.1) is 0 Å². The van der Waals surface area contributed by atoms with Gasteiger partial charge in [-0.05, 0) is 48.0 Å². The number of carbonyl (C=O) groups is 3. The van der Waals surface area contributed by atoms with E-state index in [1.54, 1.807) is 30.3 Å². The average Bonchev–Trinajstić information content (AvgIpc) is 2.95. The Kier molecular flexibility index (Phi) is 4.67. The number of nitrogens with zero attached hydrogens (tertiary/aromatic N) is 1. The molecule has 0 aromatic heterocycles. The second-order valence-electron chi connectivity index (χ2n) is 6.40. The van der Waals surface area contributed by atoms with Crippen LogP contribution in [-0.2, 0) is 6.54 Å². The van der Waals surface area contributed by atoms with E-state index in [0.717, 1.165) is 5.56 Å². The maximum absolute atomic E-state index is 12.7. The van der Waals surface area contributed by atoms with Gasteiger partial charge in [0.15, 0.2) is 0 Å². The summed E-state index contributed by atoms with van der Waals surface area (Å²) >= 11 is 5.84. The molecule has 0 unspecified atom stereocenters. The number of fused-ring (bicyclic) bond motifs is 1. The molecule has 0 saturated heterocycles. The van der Waals surface area contributed by atoms with Crippen molar-refractivity contribution in [3.63, 3.8) is 0 Å². The molecule has 0 saturated carbocycles. The monoisotopic (exact) mass is 390 g/mol. The SMILES string of the molecule is O=C(Nc1ccc(Cl)cc1)c1ccc2c(c1)C(=O)N(Cc1ccccc1)C2=O. The van der Waals surface area contributed by atoms with Crippen molar-refractivity contribution < 1.29 is 14.4 Å². The number of hydrogen-bond donors (Lipinski definition) is 1. The molecule has 1 aliphatic rings. The smallest absolute Gasteiger partial charge is 0.261 e. The maximum Gasteiger partial charge on any atom is 0.261 e. The molecule has 0 bridgehead atoms. The molecule has 1 N–H and O–H groups in total. The van der Waals surface area contributed by atoms with Gasteiger partial charge in [-0.1, -0.05) is 41.9 Å². The highest BCUT2D eigenvalue weighted by Crippen LogP contribution is 2.26. The first-order chi connectivity index (χ1) is 13.5. The summed E-state index contributed by atoms with van der Waals surface area (Å²) in [7, 11) is 0. The van der Waals surface area contributed by atoms with Crippen LogP contribution in [-0.4, -0.2) is 22.6 Å². The lowest BCUT2D eigenvalue weighted by Crippen LogP contribution is -2.29. The van der Waals surface area contributed by atoms with Gasteiger partial charge in [-0.3, -0.25) is 19.3 Å². The molecule has 0 aliphatic carbocycles. The summed E-state index contributed by atoms with van der Waals surface area (Å²) in [6, 6.07) is 20.5. The zero-order valence-electron chi connectivity index (χ0n) is 14.7. The van der Waals surface area contributed by atoms with Crippen molar-refractivity contribution in [2.75, 3.05) is 5.32 Å². The van der Waals surface area contributed by atoms with Gasteiger partial charge >= 0.3 is 0 Å². The van der Waals surface area contributed by atoms with Crippen LogP contribution in [0.3, 0.4) is 0 Å². The normalized spacial score (nSPS) is 12.8. The van der Waals surface area contributed by atoms with Crippen LogP contribution in [0.2, 0.25) is 5.02 Å². The number of benzene rings is 3. The Labute approximate surface area is 166 Å². The minimum absolute atomic E-state index is 0.194. The first-order valence-corrected chi connectivity index (χ1v) is 9.02. The summed E-state index contributed by atoms with van der Waals surface area (Å²) in [5, 5.41) is 3.31. The number of carbonyl (C=O) groups excluding carboxylic acids is 3. The van der Waals surface area contributed by atoms with Gasteiger partial charge < -0.3 is 5.32 Å². The lowest BCUT2D eigenvalue weighted by Gasteiger charge is -2.13. The van der Waals surface area contributed by atoms with Gasteiger partial charge in [-0.25, -0.2) is 0 Å². The van der Waals surface area contributed by atoms with Gasteiger partial charge in [0.05, 0.1) is 17.7 Å². The van der Waals surface area contributed by atoms with Gasteiger partial charge in [0.25, 0.3) is 17.7 Å². The van der Waals surface area contributed by atoms with Crippen LogP contribution in [0.15, 0.2) is 72.8 Å². The van der Waals surface area contributed by atoms with Gasteiger partial charge in [-0.2, -0.15) is 0 Å². The van der Waals surface area contributed by atoms with E-state index in [9.17, 15) is 14.4 Å². The van der Waals surface area contributed by atoms with Crippen LogP contribution in [0.25, 0.3) is 0 Å². The zero-order valence-corrected chi connectivity index (χ0v) is 15.4. The van der Waals surface area contributed by atoms with Crippen LogP contribution < -0.4 is 5.32 Å². The third-order valence-corrected chi connectivity index (χ3v) is 4.77. The van der Waals surface area contributed by atoms with Crippen molar-refractivity contribution in [3.05, 3.63) is 100 Å². The Balaban J connectivity index is 1.56. The predicted molar refractivity (Wildman–Crippen MR) is 106 cm³/mol. The standard InChI is InChI=1S/C22H15ClN2O3/c23-16-7-9-17(10-8-16)24-20(26)15-6-11-18-19(12-15)22(28)25(21(18)27)13-14-4-2-1-3-5-14/h1-12H,13H2,(H,24,26). The minimum Gasteiger partial charge on any atom is -0.322 e. The fourth-order valence-corrected chi connectivity index (χ4v) is 3.20. The van der Waals surface area contributed by atoms with Crippen LogP contribution >= 0.6 is 11.6 Å². The summed E-state index contributed by atoms with van der Waals surface area (Å²) in [6.45, 7) is 0.194. The van der Waals surface area contributed by atoms with E-state index < -0.39 is 5.91 Å². The second-order valence-corrected chi connectivity index (χ2v) is 6.84.